The van der Waals surface area contributed by atoms with E-state index in [9.17, 15) is 13.2 Å². The van der Waals surface area contributed by atoms with Crippen LogP contribution in [0.3, 0.4) is 0 Å². The van der Waals surface area contributed by atoms with Crippen LogP contribution in [0, 0.1) is 24.7 Å². The standard InChI is InChI=1S/C26H28N4O3S2/c1-17-24(35(32,33)27-2)34-26(28-17)30(16-21-10-6-9-20-15-23(20)21)25(31)29-22-13-11-19(12-14-22)18-7-4-3-5-8-18/h3-8,10-14,20-21,23,27H,9,15-16H2,1-2H3,(H,29,31). The molecule has 0 spiro atoms. The first-order valence-corrected chi connectivity index (χ1v) is 14.0. The molecule has 0 aliphatic heterocycles. The van der Waals surface area contributed by atoms with E-state index < -0.39 is 10.0 Å². The van der Waals surface area contributed by atoms with Crippen molar-refractivity contribution >= 4 is 38.2 Å². The molecule has 0 radical (unpaired) electrons. The molecular weight excluding hydrogens is 480 g/mol. The summed E-state index contributed by atoms with van der Waals surface area (Å²) in [7, 11) is -2.29. The number of hydrogen-bond donors (Lipinski definition) is 2. The van der Waals surface area contributed by atoms with Gasteiger partial charge in [-0.3, -0.25) is 4.90 Å². The molecule has 2 aliphatic rings. The van der Waals surface area contributed by atoms with E-state index in [2.05, 4.69) is 27.2 Å². The van der Waals surface area contributed by atoms with Gasteiger partial charge in [0.05, 0.1) is 5.69 Å². The minimum atomic E-state index is -3.66. The lowest BCUT2D eigenvalue weighted by Crippen LogP contribution is -2.39. The monoisotopic (exact) mass is 508 g/mol. The number of benzene rings is 2. The number of aryl methyl sites for hydroxylation is 1. The van der Waals surface area contributed by atoms with Crippen molar-refractivity contribution in [3.05, 3.63) is 72.4 Å². The molecule has 2 amide bonds. The Hall–Kier alpha value is -3.01. The summed E-state index contributed by atoms with van der Waals surface area (Å²) in [5.41, 5.74) is 3.21. The number of anilines is 2. The fraction of sp³-hybridized carbons (Fsp3) is 0.308. The maximum absolute atomic E-state index is 13.5. The highest BCUT2D eigenvalue weighted by atomic mass is 32.2. The quantitative estimate of drug-likeness (QED) is 0.425. The second-order valence-electron chi connectivity index (χ2n) is 9.05. The first-order valence-electron chi connectivity index (χ1n) is 11.7. The Bertz CT molecular complexity index is 1350. The normalized spacial score (nSPS) is 20.8. The average Bonchev–Trinajstić information content (AvgIpc) is 3.57. The molecule has 7 nitrogen and oxygen atoms in total. The summed E-state index contributed by atoms with van der Waals surface area (Å²) in [6, 6.07) is 17.4. The van der Waals surface area contributed by atoms with Gasteiger partial charge in [0.15, 0.2) is 9.34 Å². The number of nitrogens with one attached hydrogen (secondary N) is 2. The number of allylic oxidation sites excluding steroid dienone is 1. The highest BCUT2D eigenvalue weighted by Crippen LogP contribution is 2.50. The number of carbonyl (C=O) groups is 1. The summed E-state index contributed by atoms with van der Waals surface area (Å²) in [5, 5.41) is 3.36. The van der Waals surface area contributed by atoms with E-state index in [1.807, 2.05) is 54.6 Å². The van der Waals surface area contributed by atoms with Gasteiger partial charge in [0.2, 0.25) is 0 Å². The summed E-state index contributed by atoms with van der Waals surface area (Å²) >= 11 is 1.02. The first kappa shape index (κ1) is 23.7. The maximum atomic E-state index is 13.5. The number of nitrogens with zero attached hydrogens (tertiary/aromatic N) is 2. The third kappa shape index (κ3) is 5.03. The minimum absolute atomic E-state index is 0.128. The molecule has 0 bridgehead atoms. The van der Waals surface area contributed by atoms with E-state index in [-0.39, 0.29) is 16.2 Å². The molecule has 2 aliphatic carbocycles. The smallest absolute Gasteiger partial charge is 0.307 e. The SMILES string of the molecule is CNS(=O)(=O)c1sc(N(CC2C=CCC3CC23)C(=O)Nc2ccc(-c3ccccc3)cc2)nc1C. The topological polar surface area (TPSA) is 91.4 Å². The van der Waals surface area contributed by atoms with Crippen molar-refractivity contribution in [1.29, 1.82) is 0 Å². The van der Waals surface area contributed by atoms with Gasteiger partial charge >= 0.3 is 6.03 Å². The Kier molecular flexibility index (Phi) is 6.48. The van der Waals surface area contributed by atoms with Gasteiger partial charge in [0, 0.05) is 12.2 Å². The zero-order chi connectivity index (χ0) is 24.6. The van der Waals surface area contributed by atoms with Gasteiger partial charge in [0.1, 0.15) is 0 Å². The summed E-state index contributed by atoms with van der Waals surface area (Å²) in [6.45, 7) is 2.11. The minimum Gasteiger partial charge on any atom is -0.307 e. The van der Waals surface area contributed by atoms with Gasteiger partial charge in [0.25, 0.3) is 10.0 Å². The van der Waals surface area contributed by atoms with E-state index in [4.69, 9.17) is 0 Å². The number of amides is 2. The lowest BCUT2D eigenvalue weighted by molar-refractivity contribution is 0.255. The van der Waals surface area contributed by atoms with Crippen molar-refractivity contribution < 1.29 is 13.2 Å². The Morgan fingerprint density at radius 2 is 1.83 bits per heavy atom. The molecule has 2 N–H and O–H groups in total. The molecule has 5 rings (SSSR count). The molecule has 1 fully saturated rings. The molecular formula is C26H28N4O3S2. The van der Waals surface area contributed by atoms with Crippen molar-refractivity contribution in [3.8, 4) is 11.1 Å². The lowest BCUT2D eigenvalue weighted by Gasteiger charge is -2.26. The third-order valence-electron chi connectivity index (χ3n) is 6.72. The Labute approximate surface area is 210 Å². The molecule has 1 aromatic heterocycles. The van der Waals surface area contributed by atoms with Crippen molar-refractivity contribution in [1.82, 2.24) is 9.71 Å². The van der Waals surface area contributed by atoms with Crippen LogP contribution >= 0.6 is 11.3 Å². The van der Waals surface area contributed by atoms with E-state index in [0.717, 1.165) is 28.9 Å². The maximum Gasteiger partial charge on any atom is 0.328 e. The lowest BCUT2D eigenvalue weighted by atomic mass is 9.95. The molecule has 9 heteroatoms. The fourth-order valence-corrected chi connectivity index (χ4v) is 7.03. The number of carbonyl (C=O) groups excluding carboxylic acids is 1. The Balaban J connectivity index is 1.40. The molecule has 3 atom stereocenters. The molecule has 1 saturated carbocycles. The van der Waals surface area contributed by atoms with Crippen LogP contribution in [0.5, 0.6) is 0 Å². The summed E-state index contributed by atoms with van der Waals surface area (Å²) < 4.78 is 27.4. The van der Waals surface area contributed by atoms with Crippen LogP contribution in [0.2, 0.25) is 0 Å². The van der Waals surface area contributed by atoms with Crippen LogP contribution in [0.1, 0.15) is 18.5 Å². The molecule has 3 unspecified atom stereocenters. The molecule has 182 valence electrons. The van der Waals surface area contributed by atoms with Gasteiger partial charge in [-0.15, -0.1) is 0 Å². The summed E-state index contributed by atoms with van der Waals surface area (Å²) in [6.07, 6.45) is 6.66. The predicted molar refractivity (Wildman–Crippen MR) is 140 cm³/mol. The number of thiazole rings is 1. The number of aromatic nitrogens is 1. The number of fused-ring (bicyclic) bond motifs is 1. The van der Waals surface area contributed by atoms with Crippen molar-refractivity contribution in [3.63, 3.8) is 0 Å². The van der Waals surface area contributed by atoms with Crippen LogP contribution in [-0.2, 0) is 10.0 Å². The number of urea groups is 1. The summed E-state index contributed by atoms with van der Waals surface area (Å²) in [5.74, 6) is 1.49. The Morgan fingerprint density at radius 1 is 1.11 bits per heavy atom. The van der Waals surface area contributed by atoms with Crippen LogP contribution < -0.4 is 14.9 Å². The fourth-order valence-electron chi connectivity index (χ4n) is 4.69. The van der Waals surface area contributed by atoms with Gasteiger partial charge in [-0.05, 0) is 67.8 Å². The summed E-state index contributed by atoms with van der Waals surface area (Å²) in [4.78, 5) is 19.6. The molecule has 3 aromatic rings. The molecule has 35 heavy (non-hydrogen) atoms. The van der Waals surface area contributed by atoms with E-state index in [1.54, 1.807) is 11.8 Å². The van der Waals surface area contributed by atoms with E-state index in [0.29, 0.717) is 34.9 Å². The Morgan fingerprint density at radius 3 is 2.54 bits per heavy atom. The largest absolute Gasteiger partial charge is 0.328 e. The highest BCUT2D eigenvalue weighted by molar-refractivity contribution is 7.91. The first-order chi connectivity index (χ1) is 16.9. The zero-order valence-corrected chi connectivity index (χ0v) is 21.3. The van der Waals surface area contributed by atoms with Crippen LogP contribution in [0.4, 0.5) is 15.6 Å². The number of rotatable bonds is 7. The van der Waals surface area contributed by atoms with Gasteiger partial charge in [-0.25, -0.2) is 22.9 Å². The second kappa shape index (κ2) is 9.56. The van der Waals surface area contributed by atoms with Crippen molar-refractivity contribution in [2.45, 2.75) is 24.0 Å². The van der Waals surface area contributed by atoms with Gasteiger partial charge < -0.3 is 5.32 Å². The zero-order valence-electron chi connectivity index (χ0n) is 19.6. The highest BCUT2D eigenvalue weighted by Gasteiger charge is 2.44. The third-order valence-corrected chi connectivity index (χ3v) is 9.92. The van der Waals surface area contributed by atoms with Crippen LogP contribution in [0.25, 0.3) is 11.1 Å². The number of hydrogen-bond acceptors (Lipinski definition) is 5. The van der Waals surface area contributed by atoms with Crippen molar-refractivity contribution in [2.24, 2.45) is 17.8 Å². The van der Waals surface area contributed by atoms with E-state index >= 15 is 0 Å². The second-order valence-corrected chi connectivity index (χ2v) is 12.1. The van der Waals surface area contributed by atoms with Gasteiger partial charge in [-0.2, -0.15) is 0 Å². The molecule has 0 saturated heterocycles. The predicted octanol–water partition coefficient (Wildman–Crippen LogP) is 5.28. The van der Waals surface area contributed by atoms with Crippen molar-refractivity contribution in [2.75, 3.05) is 23.8 Å². The molecule has 2 aromatic carbocycles. The molecule has 1 heterocycles. The van der Waals surface area contributed by atoms with Crippen LogP contribution in [-0.4, -0.2) is 33.0 Å². The van der Waals surface area contributed by atoms with Crippen LogP contribution in [0.15, 0.2) is 71.0 Å². The van der Waals surface area contributed by atoms with Gasteiger partial charge in [-0.1, -0.05) is 66.0 Å². The average molecular weight is 509 g/mol. The van der Waals surface area contributed by atoms with E-state index in [1.165, 1.54) is 13.5 Å². The number of sulfonamides is 1.